The van der Waals surface area contributed by atoms with Crippen molar-refractivity contribution >= 4 is 18.1 Å². The number of hydrogen-bond donors (Lipinski definition) is 2. The van der Waals surface area contributed by atoms with Crippen LogP contribution in [0.1, 0.15) is 29.2 Å². The van der Waals surface area contributed by atoms with E-state index in [1.54, 1.807) is 6.21 Å². The number of benzene rings is 2. The van der Waals surface area contributed by atoms with Crippen molar-refractivity contribution in [2.45, 2.75) is 19.4 Å². The molecule has 1 saturated heterocycles. The lowest BCUT2D eigenvalue weighted by Crippen LogP contribution is -2.49. The van der Waals surface area contributed by atoms with Gasteiger partial charge in [-0.1, -0.05) is 60.2 Å². The fourth-order valence-corrected chi connectivity index (χ4v) is 2.37. The molecule has 5 heteroatoms. The molecule has 2 N–H and O–H groups in total. The highest BCUT2D eigenvalue weighted by Crippen LogP contribution is 2.18. The van der Waals surface area contributed by atoms with Gasteiger partial charge in [-0.05, 0) is 18.1 Å². The lowest BCUT2D eigenvalue weighted by Gasteiger charge is -2.25. The highest BCUT2D eigenvalue weighted by molar-refractivity contribution is 6.00. The van der Waals surface area contributed by atoms with Gasteiger partial charge in [0.1, 0.15) is 0 Å². The summed E-state index contributed by atoms with van der Waals surface area (Å²) in [6.45, 7) is 2.03. The average Bonchev–Trinajstić information content (AvgIpc) is 2.57. The fraction of sp³-hybridized carbons (Fsp3) is 0.167. The van der Waals surface area contributed by atoms with E-state index in [0.717, 1.165) is 11.1 Å². The molecule has 2 aromatic carbocycles. The summed E-state index contributed by atoms with van der Waals surface area (Å²) < 4.78 is 0. The summed E-state index contributed by atoms with van der Waals surface area (Å²) in [5, 5.41) is 14.0. The summed E-state index contributed by atoms with van der Waals surface area (Å²) in [6, 6.07) is 17.7. The number of aryl methyl sites for hydroxylation is 1. The number of carbonyl (C=O) groups is 1. The molecule has 1 amide bonds. The van der Waals surface area contributed by atoms with Crippen molar-refractivity contribution in [3.8, 4) is 0 Å². The van der Waals surface area contributed by atoms with Gasteiger partial charge in [-0.2, -0.15) is 5.10 Å². The summed E-state index contributed by atoms with van der Waals surface area (Å²) in [5.41, 5.74) is 3.21. The van der Waals surface area contributed by atoms with Gasteiger partial charge < -0.3 is 5.32 Å². The van der Waals surface area contributed by atoms with E-state index < -0.39 is 0 Å². The number of guanidine groups is 1. The molecule has 0 spiro atoms. The van der Waals surface area contributed by atoms with Gasteiger partial charge in [-0.25, -0.2) is 0 Å². The summed E-state index contributed by atoms with van der Waals surface area (Å²) >= 11 is 0. The Morgan fingerprint density at radius 3 is 2.57 bits per heavy atom. The van der Waals surface area contributed by atoms with Crippen molar-refractivity contribution in [2.75, 3.05) is 0 Å². The quantitative estimate of drug-likeness (QED) is 0.676. The zero-order valence-electron chi connectivity index (χ0n) is 12.9. The van der Waals surface area contributed by atoms with Gasteiger partial charge in [0.25, 0.3) is 0 Å². The maximum atomic E-state index is 11.8. The molecule has 1 aliphatic heterocycles. The van der Waals surface area contributed by atoms with Crippen molar-refractivity contribution in [3.05, 3.63) is 71.3 Å². The monoisotopic (exact) mass is 306 g/mol. The number of hydrogen-bond acceptors (Lipinski definition) is 3. The normalized spacial score (nSPS) is 19.6. The highest BCUT2D eigenvalue weighted by atomic mass is 16.2. The molecular formula is C18H18N4O. The van der Waals surface area contributed by atoms with Crippen LogP contribution in [-0.4, -0.2) is 18.1 Å². The minimum Gasteiger partial charge on any atom is -0.347 e. The standard InChI is InChI=1S/C18H18N4O/c1-13-7-9-14(10-8-13)12-19-22-18-20-16(11-17(23)21-18)15-5-3-2-4-6-15/h2-10,12,16H,11H2,1H3,(H2,20,21,22,23). The molecule has 0 radical (unpaired) electrons. The molecule has 2 aromatic rings. The Morgan fingerprint density at radius 1 is 1.09 bits per heavy atom. The largest absolute Gasteiger partial charge is 0.347 e. The van der Waals surface area contributed by atoms with Crippen molar-refractivity contribution < 1.29 is 4.79 Å². The van der Waals surface area contributed by atoms with Gasteiger partial charge in [-0.15, -0.1) is 5.10 Å². The van der Waals surface area contributed by atoms with Crippen LogP contribution in [-0.2, 0) is 4.79 Å². The van der Waals surface area contributed by atoms with Gasteiger partial charge >= 0.3 is 0 Å². The van der Waals surface area contributed by atoms with E-state index in [2.05, 4.69) is 20.8 Å². The second kappa shape index (κ2) is 6.87. The van der Waals surface area contributed by atoms with E-state index in [1.165, 1.54) is 5.56 Å². The summed E-state index contributed by atoms with van der Waals surface area (Å²) in [7, 11) is 0. The smallest absolute Gasteiger partial charge is 0.229 e. The Labute approximate surface area is 135 Å². The number of carbonyl (C=O) groups excluding carboxylic acids is 1. The number of nitrogens with zero attached hydrogens (tertiary/aromatic N) is 2. The van der Waals surface area contributed by atoms with E-state index in [-0.39, 0.29) is 11.9 Å². The zero-order chi connectivity index (χ0) is 16.1. The van der Waals surface area contributed by atoms with Crippen molar-refractivity contribution in [1.82, 2.24) is 10.6 Å². The maximum Gasteiger partial charge on any atom is 0.229 e. The first-order chi connectivity index (χ1) is 11.2. The molecule has 0 aromatic heterocycles. The van der Waals surface area contributed by atoms with Crippen LogP contribution in [0.2, 0.25) is 0 Å². The Kier molecular flexibility index (Phi) is 4.47. The molecular weight excluding hydrogens is 288 g/mol. The van der Waals surface area contributed by atoms with Crippen molar-refractivity contribution in [2.24, 2.45) is 10.2 Å². The van der Waals surface area contributed by atoms with Crippen LogP contribution in [0.15, 0.2) is 64.8 Å². The van der Waals surface area contributed by atoms with E-state index in [4.69, 9.17) is 0 Å². The van der Waals surface area contributed by atoms with Crippen LogP contribution in [0.4, 0.5) is 0 Å². The third kappa shape index (κ3) is 4.03. The minimum absolute atomic E-state index is 0.0677. The van der Waals surface area contributed by atoms with Crippen LogP contribution in [0.25, 0.3) is 0 Å². The van der Waals surface area contributed by atoms with E-state index in [0.29, 0.717) is 12.4 Å². The van der Waals surface area contributed by atoms with E-state index in [1.807, 2.05) is 61.5 Å². The summed E-state index contributed by atoms with van der Waals surface area (Å²) in [4.78, 5) is 11.8. The second-order valence-corrected chi connectivity index (χ2v) is 5.46. The number of rotatable bonds is 3. The predicted molar refractivity (Wildman–Crippen MR) is 91.3 cm³/mol. The minimum atomic E-state index is -0.0849. The molecule has 1 fully saturated rings. The molecule has 1 aliphatic rings. The highest BCUT2D eigenvalue weighted by Gasteiger charge is 2.23. The van der Waals surface area contributed by atoms with Gasteiger partial charge in [0, 0.05) is 0 Å². The lowest BCUT2D eigenvalue weighted by atomic mass is 10.0. The molecule has 5 nitrogen and oxygen atoms in total. The first-order valence-electron chi connectivity index (χ1n) is 7.50. The van der Waals surface area contributed by atoms with E-state index in [9.17, 15) is 4.79 Å². The zero-order valence-corrected chi connectivity index (χ0v) is 12.9. The molecule has 1 atom stereocenters. The first-order valence-corrected chi connectivity index (χ1v) is 7.50. The molecule has 23 heavy (non-hydrogen) atoms. The van der Waals surface area contributed by atoms with Crippen LogP contribution < -0.4 is 10.6 Å². The van der Waals surface area contributed by atoms with Crippen LogP contribution in [0.5, 0.6) is 0 Å². The first kappa shape index (κ1) is 15.0. The molecule has 1 heterocycles. The topological polar surface area (TPSA) is 65.8 Å². The Morgan fingerprint density at radius 2 is 1.83 bits per heavy atom. The second-order valence-electron chi connectivity index (χ2n) is 5.46. The summed E-state index contributed by atoms with van der Waals surface area (Å²) in [6.07, 6.45) is 2.04. The van der Waals surface area contributed by atoms with Crippen LogP contribution >= 0.6 is 0 Å². The molecule has 0 aliphatic carbocycles. The molecule has 0 saturated carbocycles. The Bertz CT molecular complexity index is 735. The SMILES string of the molecule is Cc1ccc(C=NN=C2NC(=O)CC(c3ccccc3)N2)cc1. The lowest BCUT2D eigenvalue weighted by molar-refractivity contribution is -0.120. The van der Waals surface area contributed by atoms with Gasteiger partial charge in [0.15, 0.2) is 0 Å². The van der Waals surface area contributed by atoms with Crippen LogP contribution in [0, 0.1) is 6.92 Å². The van der Waals surface area contributed by atoms with Gasteiger partial charge in [-0.3, -0.25) is 10.1 Å². The Balaban J connectivity index is 1.71. The van der Waals surface area contributed by atoms with E-state index >= 15 is 0 Å². The van der Waals surface area contributed by atoms with Crippen molar-refractivity contribution in [3.63, 3.8) is 0 Å². The number of nitrogens with one attached hydrogen (secondary N) is 2. The average molecular weight is 306 g/mol. The number of amides is 1. The fourth-order valence-electron chi connectivity index (χ4n) is 2.37. The Hall–Kier alpha value is -2.95. The van der Waals surface area contributed by atoms with Gasteiger partial charge in [0.2, 0.25) is 11.9 Å². The van der Waals surface area contributed by atoms with Crippen molar-refractivity contribution in [1.29, 1.82) is 0 Å². The predicted octanol–water partition coefficient (Wildman–Crippen LogP) is 2.54. The third-order valence-corrected chi connectivity index (χ3v) is 3.60. The van der Waals surface area contributed by atoms with Crippen LogP contribution in [0.3, 0.4) is 0 Å². The van der Waals surface area contributed by atoms with Gasteiger partial charge in [0.05, 0.1) is 18.7 Å². The maximum absolute atomic E-state index is 11.8. The molecule has 3 rings (SSSR count). The summed E-state index contributed by atoms with van der Waals surface area (Å²) in [5.74, 6) is 0.306. The molecule has 1 unspecified atom stereocenters. The third-order valence-electron chi connectivity index (χ3n) is 3.60. The molecule has 0 bridgehead atoms. The molecule has 116 valence electrons.